The molecule has 8 nitrogen and oxygen atoms in total. The molecular weight excluding hydrogens is 332 g/mol. The topological polar surface area (TPSA) is 101 Å². The van der Waals surface area contributed by atoms with E-state index in [0.717, 1.165) is 18.7 Å². The summed E-state index contributed by atoms with van der Waals surface area (Å²) >= 11 is 0. The van der Waals surface area contributed by atoms with Gasteiger partial charge in [0.15, 0.2) is 5.82 Å². The van der Waals surface area contributed by atoms with E-state index in [4.69, 9.17) is 0 Å². The second-order valence-corrected chi connectivity index (χ2v) is 5.85. The van der Waals surface area contributed by atoms with Gasteiger partial charge >= 0.3 is 6.03 Å². The highest BCUT2D eigenvalue weighted by molar-refractivity contribution is 5.92. The number of aromatic amines is 1. The van der Waals surface area contributed by atoms with Gasteiger partial charge in [-0.05, 0) is 24.6 Å². The van der Waals surface area contributed by atoms with Crippen LogP contribution < -0.4 is 10.6 Å². The van der Waals surface area contributed by atoms with Crippen LogP contribution in [0.15, 0.2) is 24.5 Å². The first kappa shape index (κ1) is 15.5. The lowest BCUT2D eigenvalue weighted by Crippen LogP contribution is -2.43. The SMILES string of the molecule is O=C(Nc1ccc2nc(C(F)F)[nH]c2c1)N[C@@H]1CCc2ncnn2C1. The molecule has 0 saturated carbocycles. The molecule has 1 aromatic carbocycles. The Morgan fingerprint density at radius 2 is 2.28 bits per heavy atom. The summed E-state index contributed by atoms with van der Waals surface area (Å²) < 4.78 is 27.1. The molecule has 4 rings (SSSR count). The van der Waals surface area contributed by atoms with Crippen molar-refractivity contribution in [1.29, 1.82) is 0 Å². The van der Waals surface area contributed by atoms with E-state index in [1.54, 1.807) is 22.9 Å². The fraction of sp³-hybridized carbons (Fsp3) is 0.333. The van der Waals surface area contributed by atoms with E-state index < -0.39 is 6.43 Å². The molecule has 1 aliphatic heterocycles. The lowest BCUT2D eigenvalue weighted by Gasteiger charge is -2.23. The fourth-order valence-corrected chi connectivity index (χ4v) is 2.92. The highest BCUT2D eigenvalue weighted by Gasteiger charge is 2.21. The number of aromatic nitrogens is 5. The zero-order valence-electron chi connectivity index (χ0n) is 13.0. The zero-order chi connectivity index (χ0) is 17.4. The highest BCUT2D eigenvalue weighted by Crippen LogP contribution is 2.22. The van der Waals surface area contributed by atoms with Crippen LogP contribution in [0.2, 0.25) is 0 Å². The predicted octanol–water partition coefficient (Wildman–Crippen LogP) is 2.23. The lowest BCUT2D eigenvalue weighted by molar-refractivity contribution is 0.142. The van der Waals surface area contributed by atoms with Gasteiger partial charge in [-0.1, -0.05) is 0 Å². The number of H-pyrrole nitrogens is 1. The van der Waals surface area contributed by atoms with Crippen LogP contribution >= 0.6 is 0 Å². The molecule has 130 valence electrons. The molecular formula is C15H15F2N7O. The summed E-state index contributed by atoms with van der Waals surface area (Å²) in [7, 11) is 0. The number of hydrogen-bond donors (Lipinski definition) is 3. The minimum absolute atomic E-state index is 0.0458. The van der Waals surface area contributed by atoms with E-state index in [0.29, 0.717) is 23.3 Å². The monoisotopic (exact) mass is 347 g/mol. The molecule has 3 N–H and O–H groups in total. The van der Waals surface area contributed by atoms with E-state index in [9.17, 15) is 13.6 Å². The van der Waals surface area contributed by atoms with Crippen molar-refractivity contribution in [3.05, 3.63) is 36.2 Å². The van der Waals surface area contributed by atoms with Gasteiger partial charge in [-0.2, -0.15) is 5.10 Å². The van der Waals surface area contributed by atoms with Gasteiger partial charge in [0, 0.05) is 12.1 Å². The number of anilines is 1. The molecule has 1 aliphatic rings. The Balaban J connectivity index is 1.41. The van der Waals surface area contributed by atoms with Crippen LogP contribution in [0.25, 0.3) is 11.0 Å². The molecule has 2 aromatic heterocycles. The van der Waals surface area contributed by atoms with E-state index >= 15 is 0 Å². The van der Waals surface area contributed by atoms with Crippen molar-refractivity contribution in [2.75, 3.05) is 5.32 Å². The van der Waals surface area contributed by atoms with Gasteiger partial charge in [0.1, 0.15) is 12.2 Å². The number of urea groups is 1. The van der Waals surface area contributed by atoms with Crippen molar-refractivity contribution >= 4 is 22.8 Å². The number of nitrogens with one attached hydrogen (secondary N) is 3. The molecule has 0 bridgehead atoms. The maximum absolute atomic E-state index is 12.7. The molecule has 0 radical (unpaired) electrons. The third kappa shape index (κ3) is 3.14. The molecule has 0 saturated heterocycles. The normalized spacial score (nSPS) is 16.8. The second-order valence-electron chi connectivity index (χ2n) is 5.85. The van der Waals surface area contributed by atoms with E-state index in [1.165, 1.54) is 6.33 Å². The number of alkyl halides is 2. The molecule has 0 aliphatic carbocycles. The average Bonchev–Trinajstić information content (AvgIpc) is 3.20. The fourth-order valence-electron chi connectivity index (χ4n) is 2.92. The van der Waals surface area contributed by atoms with Gasteiger partial charge < -0.3 is 15.6 Å². The number of carbonyl (C=O) groups is 1. The second kappa shape index (κ2) is 6.11. The van der Waals surface area contributed by atoms with Crippen molar-refractivity contribution in [1.82, 2.24) is 30.0 Å². The Labute approximate surface area is 140 Å². The van der Waals surface area contributed by atoms with Gasteiger partial charge in [0.25, 0.3) is 6.43 Å². The number of fused-ring (bicyclic) bond motifs is 2. The number of halogens is 2. The van der Waals surface area contributed by atoms with Crippen LogP contribution in [0.4, 0.5) is 19.3 Å². The Morgan fingerprint density at radius 3 is 3.12 bits per heavy atom. The number of benzene rings is 1. The molecule has 3 aromatic rings. The Bertz CT molecular complexity index is 920. The van der Waals surface area contributed by atoms with Crippen LogP contribution in [0.1, 0.15) is 24.5 Å². The van der Waals surface area contributed by atoms with Gasteiger partial charge in [-0.15, -0.1) is 0 Å². The summed E-state index contributed by atoms with van der Waals surface area (Å²) in [5, 5.41) is 9.70. The van der Waals surface area contributed by atoms with Crippen LogP contribution in [0.3, 0.4) is 0 Å². The summed E-state index contributed by atoms with van der Waals surface area (Å²) in [4.78, 5) is 22.6. The van der Waals surface area contributed by atoms with Crippen LogP contribution in [0.5, 0.6) is 0 Å². The number of amides is 2. The van der Waals surface area contributed by atoms with Crippen LogP contribution in [-0.2, 0) is 13.0 Å². The summed E-state index contributed by atoms with van der Waals surface area (Å²) in [6, 6.07) is 4.37. The first-order valence-electron chi connectivity index (χ1n) is 7.80. The summed E-state index contributed by atoms with van der Waals surface area (Å²) in [5.74, 6) is 0.528. The maximum atomic E-state index is 12.7. The standard InChI is InChI=1S/C15H15F2N7O/c16-13(17)14-22-10-3-1-8(5-11(10)23-14)20-15(25)21-9-2-4-12-18-7-19-24(12)6-9/h1,3,5,7,9,13H,2,4,6H2,(H,22,23)(H2,20,21,25)/t9-/m1/s1. The number of hydrogen-bond acceptors (Lipinski definition) is 4. The Kier molecular flexibility index (Phi) is 3.79. The third-order valence-electron chi connectivity index (χ3n) is 4.11. The molecule has 3 heterocycles. The highest BCUT2D eigenvalue weighted by atomic mass is 19.3. The molecule has 0 fully saturated rings. The number of imidazole rings is 1. The Hall–Kier alpha value is -3.04. The van der Waals surface area contributed by atoms with Crippen LogP contribution in [-0.4, -0.2) is 36.8 Å². The summed E-state index contributed by atoms with van der Waals surface area (Å²) in [6.07, 6.45) is 0.371. The van der Waals surface area contributed by atoms with Gasteiger partial charge in [0.05, 0.1) is 23.6 Å². The Morgan fingerprint density at radius 1 is 1.40 bits per heavy atom. The van der Waals surface area contributed by atoms with Gasteiger partial charge in [0.2, 0.25) is 0 Å². The third-order valence-corrected chi connectivity index (χ3v) is 4.11. The maximum Gasteiger partial charge on any atom is 0.319 e. The first-order chi connectivity index (χ1) is 12.1. The van der Waals surface area contributed by atoms with E-state index in [-0.39, 0.29) is 17.9 Å². The number of rotatable bonds is 3. The molecule has 10 heteroatoms. The van der Waals surface area contributed by atoms with Gasteiger partial charge in [-0.3, -0.25) is 0 Å². The van der Waals surface area contributed by atoms with Crippen LogP contribution in [0, 0.1) is 0 Å². The minimum atomic E-state index is -2.67. The largest absolute Gasteiger partial charge is 0.337 e. The summed E-state index contributed by atoms with van der Waals surface area (Å²) in [5.41, 5.74) is 1.36. The van der Waals surface area contributed by atoms with Crippen molar-refractivity contribution in [2.24, 2.45) is 0 Å². The smallest absolute Gasteiger partial charge is 0.319 e. The van der Waals surface area contributed by atoms with Crippen molar-refractivity contribution in [3.8, 4) is 0 Å². The molecule has 2 amide bonds. The van der Waals surface area contributed by atoms with E-state index in [1.807, 2.05) is 0 Å². The van der Waals surface area contributed by atoms with Crippen molar-refractivity contribution in [2.45, 2.75) is 31.9 Å². The van der Waals surface area contributed by atoms with Crippen molar-refractivity contribution < 1.29 is 13.6 Å². The summed E-state index contributed by atoms with van der Waals surface area (Å²) in [6.45, 7) is 0.570. The van der Waals surface area contributed by atoms with Crippen molar-refractivity contribution in [3.63, 3.8) is 0 Å². The zero-order valence-corrected chi connectivity index (χ0v) is 13.0. The lowest BCUT2D eigenvalue weighted by atomic mass is 10.1. The number of nitrogens with zero attached hydrogens (tertiary/aromatic N) is 4. The molecule has 1 atom stereocenters. The number of carbonyl (C=O) groups excluding carboxylic acids is 1. The minimum Gasteiger partial charge on any atom is -0.337 e. The average molecular weight is 347 g/mol. The van der Waals surface area contributed by atoms with Gasteiger partial charge in [-0.25, -0.2) is 28.2 Å². The van der Waals surface area contributed by atoms with E-state index in [2.05, 4.69) is 30.7 Å². The molecule has 0 unspecified atom stereocenters. The molecule has 0 spiro atoms. The molecule has 25 heavy (non-hydrogen) atoms. The quantitative estimate of drug-likeness (QED) is 0.676. The number of aryl methyl sites for hydroxylation is 1. The predicted molar refractivity (Wildman–Crippen MR) is 85.3 cm³/mol. The first-order valence-corrected chi connectivity index (χ1v) is 7.80.